The van der Waals surface area contributed by atoms with E-state index in [9.17, 15) is 0 Å². The van der Waals surface area contributed by atoms with Gasteiger partial charge in [-0.3, -0.25) is 0 Å². The summed E-state index contributed by atoms with van der Waals surface area (Å²) in [6.45, 7) is 0. The SMILES string of the molecule is COc1ccc2c(c1)OC1(C=C2)Sc2ccccc2N1C. The summed E-state index contributed by atoms with van der Waals surface area (Å²) < 4.78 is 11.6. The van der Waals surface area contributed by atoms with Crippen LogP contribution in [-0.2, 0) is 0 Å². The van der Waals surface area contributed by atoms with Gasteiger partial charge in [-0.15, -0.1) is 0 Å². The molecule has 106 valence electrons. The first-order chi connectivity index (χ1) is 10.2. The zero-order valence-corrected chi connectivity index (χ0v) is 12.7. The molecule has 1 atom stereocenters. The van der Waals surface area contributed by atoms with Crippen molar-refractivity contribution in [1.82, 2.24) is 0 Å². The lowest BCUT2D eigenvalue weighted by atomic mass is 10.1. The van der Waals surface area contributed by atoms with Crippen LogP contribution in [0.5, 0.6) is 11.5 Å². The molecule has 2 aliphatic heterocycles. The highest BCUT2D eigenvalue weighted by Gasteiger charge is 2.44. The van der Waals surface area contributed by atoms with Crippen molar-refractivity contribution in [1.29, 1.82) is 0 Å². The van der Waals surface area contributed by atoms with Crippen LogP contribution < -0.4 is 14.4 Å². The molecule has 1 unspecified atom stereocenters. The lowest BCUT2D eigenvalue weighted by molar-refractivity contribution is 0.214. The largest absolute Gasteiger partial charge is 0.497 e. The van der Waals surface area contributed by atoms with Crippen LogP contribution in [0.4, 0.5) is 5.69 Å². The predicted molar refractivity (Wildman–Crippen MR) is 86.1 cm³/mol. The Balaban J connectivity index is 1.76. The summed E-state index contributed by atoms with van der Waals surface area (Å²) in [6.07, 6.45) is 4.24. The number of anilines is 1. The van der Waals surface area contributed by atoms with Crippen LogP contribution in [0.25, 0.3) is 6.08 Å². The normalized spacial score (nSPS) is 21.9. The summed E-state index contributed by atoms with van der Waals surface area (Å²) >= 11 is 1.72. The van der Waals surface area contributed by atoms with Crippen LogP contribution in [-0.4, -0.2) is 19.2 Å². The van der Waals surface area contributed by atoms with Crippen molar-refractivity contribution in [2.75, 3.05) is 19.1 Å². The molecule has 0 fully saturated rings. The van der Waals surface area contributed by atoms with Crippen LogP contribution in [0, 0.1) is 0 Å². The highest BCUT2D eigenvalue weighted by molar-refractivity contribution is 8.01. The molecule has 21 heavy (non-hydrogen) atoms. The number of ether oxygens (including phenoxy) is 2. The minimum absolute atomic E-state index is 0.511. The van der Waals surface area contributed by atoms with Gasteiger partial charge in [0.1, 0.15) is 11.5 Å². The van der Waals surface area contributed by atoms with E-state index in [0.29, 0.717) is 0 Å². The third kappa shape index (κ3) is 1.83. The van der Waals surface area contributed by atoms with E-state index in [0.717, 1.165) is 17.1 Å². The number of methoxy groups -OCH3 is 1. The minimum Gasteiger partial charge on any atom is -0.497 e. The van der Waals surface area contributed by atoms with Gasteiger partial charge < -0.3 is 14.4 Å². The van der Waals surface area contributed by atoms with Gasteiger partial charge in [0, 0.05) is 23.6 Å². The lowest BCUT2D eigenvalue weighted by Gasteiger charge is -2.36. The molecule has 0 amide bonds. The molecule has 0 aromatic heterocycles. The van der Waals surface area contributed by atoms with Crippen molar-refractivity contribution in [2.24, 2.45) is 0 Å². The molecule has 4 rings (SSSR count). The zero-order valence-electron chi connectivity index (χ0n) is 11.9. The number of benzene rings is 2. The minimum atomic E-state index is -0.511. The van der Waals surface area contributed by atoms with E-state index in [-0.39, 0.29) is 0 Å². The fraction of sp³-hybridized carbons (Fsp3) is 0.176. The third-order valence-electron chi connectivity index (χ3n) is 3.90. The van der Waals surface area contributed by atoms with Gasteiger partial charge in [-0.25, -0.2) is 0 Å². The summed E-state index contributed by atoms with van der Waals surface area (Å²) in [7, 11) is 3.73. The molecule has 3 nitrogen and oxygen atoms in total. The van der Waals surface area contributed by atoms with Gasteiger partial charge >= 0.3 is 0 Å². The van der Waals surface area contributed by atoms with E-state index >= 15 is 0 Å². The Morgan fingerprint density at radius 2 is 2.05 bits per heavy atom. The van der Waals surface area contributed by atoms with Crippen LogP contribution in [0.3, 0.4) is 0 Å². The molecule has 2 aromatic carbocycles. The fourth-order valence-electron chi connectivity index (χ4n) is 2.70. The Bertz CT molecular complexity index is 743. The second-order valence-corrected chi connectivity index (χ2v) is 6.33. The van der Waals surface area contributed by atoms with Gasteiger partial charge in [-0.05, 0) is 48.2 Å². The third-order valence-corrected chi connectivity index (χ3v) is 5.25. The predicted octanol–water partition coefficient (Wildman–Crippen LogP) is 4.00. The molecule has 0 saturated heterocycles. The summed E-state index contributed by atoms with van der Waals surface area (Å²) in [6, 6.07) is 14.3. The molecule has 0 radical (unpaired) electrons. The van der Waals surface area contributed by atoms with Gasteiger partial charge in [0.15, 0.2) is 0 Å². The first kappa shape index (κ1) is 12.7. The maximum atomic E-state index is 6.34. The van der Waals surface area contributed by atoms with E-state index in [1.54, 1.807) is 18.9 Å². The average molecular weight is 297 g/mol. The first-order valence-electron chi connectivity index (χ1n) is 6.80. The molecule has 2 aliphatic rings. The van der Waals surface area contributed by atoms with Gasteiger partial charge in [0.05, 0.1) is 12.8 Å². The molecular weight excluding hydrogens is 282 g/mol. The van der Waals surface area contributed by atoms with Crippen molar-refractivity contribution < 1.29 is 9.47 Å². The summed E-state index contributed by atoms with van der Waals surface area (Å²) in [5.41, 5.74) is 2.27. The Hall–Kier alpha value is -2.07. The average Bonchev–Trinajstić information content (AvgIpc) is 2.79. The van der Waals surface area contributed by atoms with Gasteiger partial charge in [0.2, 0.25) is 0 Å². The number of hydrogen-bond donors (Lipinski definition) is 0. The van der Waals surface area contributed by atoms with Crippen molar-refractivity contribution in [2.45, 2.75) is 9.95 Å². The molecule has 4 heteroatoms. The summed E-state index contributed by atoms with van der Waals surface area (Å²) in [4.78, 5) is 3.40. The van der Waals surface area contributed by atoms with Crippen molar-refractivity contribution in [3.8, 4) is 11.5 Å². The molecule has 0 bridgehead atoms. The van der Waals surface area contributed by atoms with Gasteiger partial charge in [0.25, 0.3) is 5.06 Å². The van der Waals surface area contributed by atoms with Crippen LogP contribution in [0.15, 0.2) is 53.4 Å². The van der Waals surface area contributed by atoms with E-state index in [1.165, 1.54) is 10.6 Å². The fourth-order valence-corrected chi connectivity index (χ4v) is 3.98. The number of likely N-dealkylation sites (N-methyl/N-ethyl adjacent to an activating group) is 1. The Morgan fingerprint density at radius 3 is 2.86 bits per heavy atom. The summed E-state index contributed by atoms with van der Waals surface area (Å²) in [5.74, 6) is 1.66. The Kier molecular flexibility index (Phi) is 2.69. The number of rotatable bonds is 1. The number of thioether (sulfide) groups is 1. The standard InChI is InChI=1S/C17H15NO2S/c1-18-14-5-3-4-6-16(14)21-17(18)10-9-12-7-8-13(19-2)11-15(12)20-17/h3-11H,1-2H3. The number of para-hydroxylation sites is 1. The van der Waals surface area contributed by atoms with E-state index in [1.807, 2.05) is 18.2 Å². The number of nitrogens with zero attached hydrogens (tertiary/aromatic N) is 1. The Morgan fingerprint density at radius 1 is 1.19 bits per heavy atom. The maximum absolute atomic E-state index is 6.34. The van der Waals surface area contributed by atoms with E-state index < -0.39 is 5.06 Å². The molecule has 2 heterocycles. The zero-order chi connectivity index (χ0) is 14.4. The highest BCUT2D eigenvalue weighted by atomic mass is 32.2. The molecular formula is C17H15NO2S. The molecule has 0 N–H and O–H groups in total. The highest BCUT2D eigenvalue weighted by Crippen LogP contribution is 2.53. The molecule has 0 aliphatic carbocycles. The molecule has 2 aromatic rings. The quantitative estimate of drug-likeness (QED) is 0.793. The van der Waals surface area contributed by atoms with E-state index in [2.05, 4.69) is 48.4 Å². The van der Waals surface area contributed by atoms with E-state index in [4.69, 9.17) is 9.47 Å². The Labute approximate surface area is 128 Å². The number of hydrogen-bond acceptors (Lipinski definition) is 4. The monoisotopic (exact) mass is 297 g/mol. The molecule has 1 spiro atoms. The smallest absolute Gasteiger partial charge is 0.256 e. The van der Waals surface area contributed by atoms with Crippen molar-refractivity contribution >= 4 is 23.5 Å². The van der Waals surface area contributed by atoms with Gasteiger partial charge in [-0.1, -0.05) is 12.1 Å². The summed E-state index contributed by atoms with van der Waals surface area (Å²) in [5, 5.41) is -0.511. The topological polar surface area (TPSA) is 21.7 Å². The molecule has 0 saturated carbocycles. The van der Waals surface area contributed by atoms with Crippen LogP contribution in [0.1, 0.15) is 5.56 Å². The van der Waals surface area contributed by atoms with Crippen molar-refractivity contribution in [3.05, 3.63) is 54.1 Å². The lowest BCUT2D eigenvalue weighted by Crippen LogP contribution is -2.45. The maximum Gasteiger partial charge on any atom is 0.256 e. The van der Waals surface area contributed by atoms with Crippen LogP contribution in [0.2, 0.25) is 0 Å². The van der Waals surface area contributed by atoms with Gasteiger partial charge in [-0.2, -0.15) is 0 Å². The van der Waals surface area contributed by atoms with Crippen LogP contribution >= 0.6 is 11.8 Å². The second-order valence-electron chi connectivity index (χ2n) is 5.10. The second kappa shape index (κ2) is 4.46. The first-order valence-corrected chi connectivity index (χ1v) is 7.62. The van der Waals surface area contributed by atoms with Crippen molar-refractivity contribution in [3.63, 3.8) is 0 Å². The number of fused-ring (bicyclic) bond motifs is 2.